The van der Waals surface area contributed by atoms with Crippen molar-refractivity contribution in [3.63, 3.8) is 0 Å². The third kappa shape index (κ3) is 5.11. The Balaban J connectivity index is 2.99. The average Bonchev–Trinajstić information content (AvgIpc) is 2.75. The van der Waals surface area contributed by atoms with Gasteiger partial charge >= 0.3 is 0 Å². The normalized spacial score (nSPS) is 17.2. The Morgan fingerprint density at radius 3 is 1.09 bits per heavy atom. The molecule has 1 aromatic carbocycles. The highest BCUT2D eigenvalue weighted by Gasteiger charge is 2.71. The van der Waals surface area contributed by atoms with Gasteiger partial charge in [0.2, 0.25) is 0 Å². The summed E-state index contributed by atoms with van der Waals surface area (Å²) in [4.78, 5) is 0. The summed E-state index contributed by atoms with van der Waals surface area (Å²) in [5, 5.41) is 0. The van der Waals surface area contributed by atoms with Gasteiger partial charge < -0.3 is 9.13 Å². The Morgan fingerprint density at radius 2 is 0.875 bits per heavy atom. The average molecular weight is 522 g/mol. The van der Waals surface area contributed by atoms with E-state index in [0.29, 0.717) is 10.8 Å². The van der Waals surface area contributed by atoms with Crippen molar-refractivity contribution in [3.8, 4) is 0 Å². The summed E-state index contributed by atoms with van der Waals surface area (Å²) in [6, 6.07) is 9.48. The molecule has 0 N–H and O–H groups in total. The molecule has 0 amide bonds. The van der Waals surface area contributed by atoms with Crippen molar-refractivity contribution in [3.05, 3.63) is 24.3 Å². The van der Waals surface area contributed by atoms with E-state index in [2.05, 4.69) is 134 Å². The number of anilines is 2. The van der Waals surface area contributed by atoms with Crippen molar-refractivity contribution in [2.45, 2.75) is 100 Å². The summed E-state index contributed by atoms with van der Waals surface area (Å²) in [5.41, 5.74) is 3.68. The lowest BCUT2D eigenvalue weighted by Crippen LogP contribution is -2.94. The third-order valence-electron chi connectivity index (χ3n) is 6.95. The number of para-hydroxylation sites is 2. The van der Waals surface area contributed by atoms with Crippen molar-refractivity contribution in [2.75, 3.05) is 22.2 Å². The molecular formula is C25H53N2Si5. The zero-order chi connectivity index (χ0) is 25.1. The van der Waals surface area contributed by atoms with Gasteiger partial charge in [-0.15, -0.1) is 0 Å². The predicted octanol–water partition coefficient (Wildman–Crippen LogP) is 7.67. The second kappa shape index (κ2) is 8.53. The van der Waals surface area contributed by atoms with Gasteiger partial charge in [-0.3, -0.25) is 0 Å². The lowest BCUT2D eigenvalue weighted by molar-refractivity contribution is 0.425. The minimum absolute atomic E-state index is 0.291. The first-order valence-electron chi connectivity index (χ1n) is 12.6. The molecule has 2 rings (SSSR count). The van der Waals surface area contributed by atoms with Crippen LogP contribution in [0.5, 0.6) is 0 Å². The smallest absolute Gasteiger partial charge is 0.269 e. The Morgan fingerprint density at radius 1 is 0.594 bits per heavy atom. The summed E-state index contributed by atoms with van der Waals surface area (Å²) in [5.74, 6) is 0. The number of hydrogen-bond donors (Lipinski definition) is 0. The zero-order valence-electron chi connectivity index (χ0n) is 24.1. The highest BCUT2D eigenvalue weighted by atomic mass is 30.2. The molecule has 0 bridgehead atoms. The minimum Gasteiger partial charge on any atom is -0.381 e. The molecule has 2 nitrogen and oxygen atoms in total. The zero-order valence-corrected chi connectivity index (χ0v) is 29.1. The SMILES string of the molecule is CC(C)(C)CN1c2ccccc2N(CC(C)(C)C)[Si]1[Si]([Si](C)(C)C)([Si](C)(C)C)[Si](C)(C)C. The monoisotopic (exact) mass is 521 g/mol. The van der Waals surface area contributed by atoms with Crippen LogP contribution in [-0.4, -0.2) is 50.6 Å². The van der Waals surface area contributed by atoms with Crippen molar-refractivity contribution >= 4 is 48.9 Å². The third-order valence-corrected chi connectivity index (χ3v) is 107. The van der Waals surface area contributed by atoms with E-state index in [0.717, 1.165) is 0 Å². The second-order valence-electron chi connectivity index (χ2n) is 15.6. The van der Waals surface area contributed by atoms with E-state index in [1.54, 1.807) is 11.4 Å². The van der Waals surface area contributed by atoms with Gasteiger partial charge in [-0.25, -0.2) is 0 Å². The topological polar surface area (TPSA) is 6.48 Å². The molecule has 1 aromatic rings. The molecule has 1 radical (unpaired) electrons. The molecule has 0 aromatic heterocycles. The molecule has 0 aliphatic carbocycles. The van der Waals surface area contributed by atoms with E-state index in [9.17, 15) is 0 Å². The molecule has 1 aliphatic heterocycles. The Bertz CT molecular complexity index is 725. The minimum atomic E-state index is -1.62. The van der Waals surface area contributed by atoms with Gasteiger partial charge in [0, 0.05) is 35.9 Å². The first kappa shape index (κ1) is 28.1. The summed E-state index contributed by atoms with van der Waals surface area (Å²) in [6.07, 6.45) is -1.62. The fourth-order valence-electron chi connectivity index (χ4n) is 7.35. The fraction of sp³-hybridized carbons (Fsp3) is 0.760. The molecule has 0 fully saturated rings. The summed E-state index contributed by atoms with van der Waals surface area (Å²) in [6.45, 7) is 42.1. The molecule has 32 heavy (non-hydrogen) atoms. The molecule has 0 saturated carbocycles. The van der Waals surface area contributed by atoms with Gasteiger partial charge in [-0.1, -0.05) is 113 Å². The number of benzene rings is 1. The summed E-state index contributed by atoms with van der Waals surface area (Å²) < 4.78 is 6.10. The highest BCUT2D eigenvalue weighted by molar-refractivity contribution is 8.04. The standard InChI is InChI=1S/C25H53N2Si5/c1-24(2,3)20-26-22-18-16-17-19-23(22)27(21-25(4,5)6)28(26)32(29(7,8)9,30(10,11)12)31(13,14)15/h16-19H,20-21H2,1-15H3. The van der Waals surface area contributed by atoms with Crippen molar-refractivity contribution < 1.29 is 0 Å². The molecule has 183 valence electrons. The van der Waals surface area contributed by atoms with Crippen LogP contribution in [0, 0.1) is 10.8 Å². The summed E-state index contributed by atoms with van der Waals surface area (Å²) >= 11 is 0. The molecule has 0 saturated heterocycles. The van der Waals surface area contributed by atoms with Crippen LogP contribution < -0.4 is 9.13 Å². The Kier molecular flexibility index (Phi) is 7.51. The van der Waals surface area contributed by atoms with Crippen molar-refractivity contribution in [1.82, 2.24) is 0 Å². The largest absolute Gasteiger partial charge is 0.381 e. The maximum atomic E-state index is 3.05. The van der Waals surface area contributed by atoms with E-state index in [4.69, 9.17) is 0 Å². The second-order valence-corrected chi connectivity index (χ2v) is 65.2. The number of fused-ring (bicyclic) bond motifs is 1. The highest BCUT2D eigenvalue weighted by Crippen LogP contribution is 2.49. The maximum Gasteiger partial charge on any atom is 0.269 e. The van der Waals surface area contributed by atoms with E-state index in [1.807, 2.05) is 0 Å². The molecule has 0 unspecified atom stereocenters. The number of nitrogens with zero attached hydrogens (tertiary/aromatic N) is 2. The van der Waals surface area contributed by atoms with Gasteiger partial charge in [0.15, 0.2) is 0 Å². The van der Waals surface area contributed by atoms with Crippen molar-refractivity contribution in [2.24, 2.45) is 10.8 Å². The Labute approximate surface area is 206 Å². The van der Waals surface area contributed by atoms with E-state index >= 15 is 0 Å². The maximum absolute atomic E-state index is 3.05. The molecular weight excluding hydrogens is 469 g/mol. The first-order chi connectivity index (χ1) is 14.0. The van der Waals surface area contributed by atoms with E-state index in [1.165, 1.54) is 13.1 Å². The molecule has 1 heterocycles. The quantitative estimate of drug-likeness (QED) is 0.354. The predicted molar refractivity (Wildman–Crippen MR) is 162 cm³/mol. The van der Waals surface area contributed by atoms with Crippen LogP contribution in [0.3, 0.4) is 0 Å². The van der Waals surface area contributed by atoms with Crippen LogP contribution in [0.2, 0.25) is 58.9 Å². The lowest BCUT2D eigenvalue weighted by atomic mass is 9.96. The van der Waals surface area contributed by atoms with Crippen LogP contribution in [-0.2, 0) is 0 Å². The van der Waals surface area contributed by atoms with Crippen LogP contribution in [0.1, 0.15) is 41.5 Å². The van der Waals surface area contributed by atoms with Gasteiger partial charge in [0.25, 0.3) is 8.64 Å². The van der Waals surface area contributed by atoms with Gasteiger partial charge in [-0.05, 0) is 23.0 Å². The van der Waals surface area contributed by atoms with Crippen LogP contribution in [0.25, 0.3) is 0 Å². The van der Waals surface area contributed by atoms with E-state index < -0.39 is 37.6 Å². The Hall–Kier alpha value is -0.0956. The van der Waals surface area contributed by atoms with Crippen LogP contribution in [0.15, 0.2) is 24.3 Å². The molecule has 1 aliphatic rings. The van der Waals surface area contributed by atoms with Gasteiger partial charge in [-0.2, -0.15) is 0 Å². The molecule has 0 spiro atoms. The first-order valence-corrected chi connectivity index (χ1v) is 30.5. The number of rotatable bonds is 6. The van der Waals surface area contributed by atoms with Gasteiger partial charge in [0.05, 0.1) is 17.5 Å². The fourth-order valence-corrected chi connectivity index (χ4v) is 135. The molecule has 0 atom stereocenters. The number of hydrogen-bond acceptors (Lipinski definition) is 2. The molecule has 7 heteroatoms. The lowest BCUT2D eigenvalue weighted by Gasteiger charge is -2.62. The van der Waals surface area contributed by atoms with Gasteiger partial charge in [0.1, 0.15) is 0 Å². The van der Waals surface area contributed by atoms with Crippen LogP contribution in [0.4, 0.5) is 11.4 Å². The van der Waals surface area contributed by atoms with Crippen molar-refractivity contribution in [1.29, 1.82) is 0 Å². The van der Waals surface area contributed by atoms with Crippen LogP contribution >= 0.6 is 0 Å². The van der Waals surface area contributed by atoms with E-state index in [-0.39, 0.29) is 0 Å². The summed E-state index contributed by atoms with van der Waals surface area (Å²) in [7, 11) is -5.16.